The summed E-state index contributed by atoms with van der Waals surface area (Å²) in [5.41, 5.74) is 1.45. The molecule has 106 valence electrons. The standard InChI is InChI=1S/C16H15N3O2/c1-21-14-10-6-5-9-13(14)17-15-11-16(20)19(18-15)12-7-3-2-4-8-12/h2-11,17-18H,1H3. The quantitative estimate of drug-likeness (QED) is 0.773. The van der Waals surface area contributed by atoms with E-state index in [1.807, 2.05) is 54.6 Å². The van der Waals surface area contributed by atoms with E-state index in [-0.39, 0.29) is 5.56 Å². The van der Waals surface area contributed by atoms with Crippen molar-refractivity contribution in [3.8, 4) is 11.4 Å². The number of para-hydroxylation sites is 3. The van der Waals surface area contributed by atoms with E-state index in [0.717, 1.165) is 11.4 Å². The number of ether oxygens (including phenoxy) is 1. The Labute approximate surface area is 121 Å². The molecule has 0 amide bonds. The Morgan fingerprint density at radius 3 is 2.52 bits per heavy atom. The van der Waals surface area contributed by atoms with Crippen molar-refractivity contribution in [3.05, 3.63) is 71.0 Å². The average Bonchev–Trinajstić information content (AvgIpc) is 2.89. The maximum Gasteiger partial charge on any atom is 0.273 e. The number of aromatic nitrogens is 2. The second kappa shape index (κ2) is 5.58. The molecule has 5 nitrogen and oxygen atoms in total. The first-order chi connectivity index (χ1) is 10.3. The van der Waals surface area contributed by atoms with Crippen LogP contribution in [0.25, 0.3) is 5.69 Å². The van der Waals surface area contributed by atoms with Crippen LogP contribution in [0.2, 0.25) is 0 Å². The summed E-state index contributed by atoms with van der Waals surface area (Å²) >= 11 is 0. The SMILES string of the molecule is COc1ccccc1Nc1cc(=O)n(-c2ccccc2)[nH]1. The van der Waals surface area contributed by atoms with Crippen molar-refractivity contribution >= 4 is 11.5 Å². The molecule has 0 bridgehead atoms. The molecule has 0 fully saturated rings. The van der Waals surface area contributed by atoms with Crippen LogP contribution in [-0.4, -0.2) is 16.9 Å². The molecule has 1 aromatic heterocycles. The first-order valence-electron chi connectivity index (χ1n) is 6.55. The number of H-pyrrole nitrogens is 1. The summed E-state index contributed by atoms with van der Waals surface area (Å²) in [5, 5.41) is 6.19. The van der Waals surface area contributed by atoms with Crippen molar-refractivity contribution < 1.29 is 4.74 Å². The van der Waals surface area contributed by atoms with Gasteiger partial charge < -0.3 is 10.1 Å². The molecule has 0 aliphatic rings. The maximum absolute atomic E-state index is 12.0. The van der Waals surface area contributed by atoms with E-state index in [2.05, 4.69) is 10.4 Å². The van der Waals surface area contributed by atoms with Crippen molar-refractivity contribution in [1.82, 2.24) is 9.78 Å². The number of anilines is 2. The molecular formula is C16H15N3O2. The lowest BCUT2D eigenvalue weighted by Gasteiger charge is -2.09. The predicted molar refractivity (Wildman–Crippen MR) is 82.7 cm³/mol. The number of hydrogen-bond donors (Lipinski definition) is 2. The smallest absolute Gasteiger partial charge is 0.273 e. The van der Waals surface area contributed by atoms with E-state index in [9.17, 15) is 4.79 Å². The van der Waals surface area contributed by atoms with Crippen molar-refractivity contribution in [2.24, 2.45) is 0 Å². The van der Waals surface area contributed by atoms with Crippen LogP contribution in [0, 0.1) is 0 Å². The fraction of sp³-hybridized carbons (Fsp3) is 0.0625. The molecule has 2 N–H and O–H groups in total. The van der Waals surface area contributed by atoms with Gasteiger partial charge in [-0.1, -0.05) is 30.3 Å². The van der Waals surface area contributed by atoms with E-state index in [1.165, 1.54) is 10.7 Å². The van der Waals surface area contributed by atoms with Crippen LogP contribution < -0.4 is 15.6 Å². The molecule has 0 aliphatic heterocycles. The summed E-state index contributed by atoms with van der Waals surface area (Å²) in [6.07, 6.45) is 0. The molecule has 0 unspecified atom stereocenters. The Bertz CT molecular complexity index is 791. The minimum Gasteiger partial charge on any atom is -0.495 e. The van der Waals surface area contributed by atoms with Crippen LogP contribution >= 0.6 is 0 Å². The van der Waals surface area contributed by atoms with Gasteiger partial charge in [0.05, 0.1) is 18.5 Å². The van der Waals surface area contributed by atoms with E-state index in [1.54, 1.807) is 7.11 Å². The van der Waals surface area contributed by atoms with Crippen LogP contribution in [0.4, 0.5) is 11.5 Å². The number of rotatable bonds is 4. The molecule has 3 rings (SSSR count). The van der Waals surface area contributed by atoms with Crippen LogP contribution in [0.15, 0.2) is 65.5 Å². The van der Waals surface area contributed by atoms with Gasteiger partial charge in [-0.15, -0.1) is 0 Å². The minimum atomic E-state index is -0.126. The zero-order chi connectivity index (χ0) is 14.7. The number of aromatic amines is 1. The highest BCUT2D eigenvalue weighted by Crippen LogP contribution is 2.25. The summed E-state index contributed by atoms with van der Waals surface area (Å²) in [5.74, 6) is 1.32. The Balaban J connectivity index is 1.93. The Morgan fingerprint density at radius 1 is 1.05 bits per heavy atom. The fourth-order valence-electron chi connectivity index (χ4n) is 2.12. The second-order valence-electron chi connectivity index (χ2n) is 4.50. The average molecular weight is 281 g/mol. The molecule has 0 aliphatic carbocycles. The van der Waals surface area contributed by atoms with E-state index in [0.29, 0.717) is 11.6 Å². The van der Waals surface area contributed by atoms with Crippen molar-refractivity contribution in [2.45, 2.75) is 0 Å². The topological polar surface area (TPSA) is 59.0 Å². The van der Waals surface area contributed by atoms with Gasteiger partial charge in [0.2, 0.25) is 0 Å². The number of nitrogens with zero attached hydrogens (tertiary/aromatic N) is 1. The molecule has 0 atom stereocenters. The van der Waals surface area contributed by atoms with Gasteiger partial charge in [0.1, 0.15) is 11.6 Å². The van der Waals surface area contributed by atoms with Crippen LogP contribution in [-0.2, 0) is 0 Å². The Hall–Kier alpha value is -2.95. The van der Waals surface area contributed by atoms with Gasteiger partial charge in [0, 0.05) is 6.07 Å². The molecule has 2 aromatic carbocycles. The molecule has 0 saturated heterocycles. The number of benzene rings is 2. The lowest BCUT2D eigenvalue weighted by molar-refractivity contribution is 0.417. The normalized spacial score (nSPS) is 10.3. The maximum atomic E-state index is 12.0. The number of nitrogens with one attached hydrogen (secondary N) is 2. The molecular weight excluding hydrogens is 266 g/mol. The summed E-state index contributed by atoms with van der Waals surface area (Å²) < 4.78 is 6.76. The van der Waals surface area contributed by atoms with Crippen molar-refractivity contribution in [3.63, 3.8) is 0 Å². The first kappa shape index (κ1) is 13.1. The molecule has 0 radical (unpaired) electrons. The molecule has 3 aromatic rings. The van der Waals surface area contributed by atoms with E-state index >= 15 is 0 Å². The third-order valence-corrected chi connectivity index (χ3v) is 3.11. The van der Waals surface area contributed by atoms with Gasteiger partial charge in [-0.3, -0.25) is 9.89 Å². The van der Waals surface area contributed by atoms with Crippen LogP contribution in [0.1, 0.15) is 0 Å². The minimum absolute atomic E-state index is 0.126. The Kier molecular flexibility index (Phi) is 3.47. The van der Waals surface area contributed by atoms with E-state index < -0.39 is 0 Å². The van der Waals surface area contributed by atoms with Crippen LogP contribution in [0.3, 0.4) is 0 Å². The molecule has 1 heterocycles. The summed E-state index contributed by atoms with van der Waals surface area (Å²) in [7, 11) is 1.61. The highest BCUT2D eigenvalue weighted by Gasteiger charge is 2.07. The van der Waals surface area contributed by atoms with Gasteiger partial charge in [-0.25, -0.2) is 4.68 Å². The molecule has 21 heavy (non-hydrogen) atoms. The number of hydrogen-bond acceptors (Lipinski definition) is 3. The summed E-state index contributed by atoms with van der Waals surface area (Å²) in [4.78, 5) is 12.0. The molecule has 0 spiro atoms. The van der Waals surface area contributed by atoms with Gasteiger partial charge in [0.25, 0.3) is 5.56 Å². The molecule has 5 heteroatoms. The van der Waals surface area contributed by atoms with Gasteiger partial charge in [-0.2, -0.15) is 0 Å². The third-order valence-electron chi connectivity index (χ3n) is 3.11. The third kappa shape index (κ3) is 2.67. The largest absolute Gasteiger partial charge is 0.495 e. The van der Waals surface area contributed by atoms with Crippen molar-refractivity contribution in [1.29, 1.82) is 0 Å². The van der Waals surface area contributed by atoms with E-state index in [4.69, 9.17) is 4.74 Å². The summed E-state index contributed by atoms with van der Waals surface area (Å²) in [6, 6.07) is 18.5. The first-order valence-corrected chi connectivity index (χ1v) is 6.55. The zero-order valence-electron chi connectivity index (χ0n) is 11.5. The van der Waals surface area contributed by atoms with Crippen molar-refractivity contribution in [2.75, 3.05) is 12.4 Å². The lowest BCUT2D eigenvalue weighted by Crippen LogP contribution is -2.12. The predicted octanol–water partition coefficient (Wildman–Crippen LogP) is 2.92. The monoisotopic (exact) mass is 281 g/mol. The second-order valence-corrected chi connectivity index (χ2v) is 4.50. The van der Waals surface area contributed by atoms with Gasteiger partial charge in [-0.05, 0) is 24.3 Å². The zero-order valence-corrected chi connectivity index (χ0v) is 11.5. The van der Waals surface area contributed by atoms with Gasteiger partial charge in [0.15, 0.2) is 0 Å². The highest BCUT2D eigenvalue weighted by molar-refractivity contribution is 5.63. The van der Waals surface area contributed by atoms with Gasteiger partial charge >= 0.3 is 0 Å². The number of methoxy groups -OCH3 is 1. The highest BCUT2D eigenvalue weighted by atomic mass is 16.5. The van der Waals surface area contributed by atoms with Crippen LogP contribution in [0.5, 0.6) is 5.75 Å². The fourth-order valence-corrected chi connectivity index (χ4v) is 2.12. The lowest BCUT2D eigenvalue weighted by atomic mass is 10.3. The Morgan fingerprint density at radius 2 is 1.76 bits per heavy atom. The molecule has 0 saturated carbocycles. The summed E-state index contributed by atoms with van der Waals surface area (Å²) in [6.45, 7) is 0.